The van der Waals surface area contributed by atoms with Crippen molar-refractivity contribution in [2.45, 2.75) is 64.0 Å². The molecule has 0 bridgehead atoms. The van der Waals surface area contributed by atoms with Gasteiger partial charge in [0.25, 0.3) is 0 Å². The van der Waals surface area contributed by atoms with E-state index >= 15 is 0 Å². The number of carbonyl (C=O) groups excluding carboxylic acids is 1. The molecule has 2 fully saturated rings. The van der Waals surface area contributed by atoms with Gasteiger partial charge in [-0.15, -0.1) is 0 Å². The van der Waals surface area contributed by atoms with Crippen LogP contribution < -0.4 is 10.2 Å². The van der Waals surface area contributed by atoms with Gasteiger partial charge in [-0.2, -0.15) is 0 Å². The normalized spacial score (nSPS) is 19.0. The van der Waals surface area contributed by atoms with Crippen LogP contribution in [-0.4, -0.2) is 35.9 Å². The van der Waals surface area contributed by atoms with Crippen LogP contribution in [-0.2, 0) is 0 Å². The average Bonchev–Trinajstić information content (AvgIpc) is 2.75. The van der Waals surface area contributed by atoms with Crippen molar-refractivity contribution in [3.8, 4) is 11.1 Å². The predicted molar refractivity (Wildman–Crippen MR) is 115 cm³/mol. The molecule has 0 spiro atoms. The lowest BCUT2D eigenvalue weighted by molar-refractivity contribution is 0.101. The monoisotopic (exact) mass is 377 g/mol. The van der Waals surface area contributed by atoms with E-state index < -0.39 is 0 Å². The van der Waals surface area contributed by atoms with Crippen LogP contribution in [0.25, 0.3) is 11.1 Å². The molecule has 1 N–H and O–H groups in total. The van der Waals surface area contributed by atoms with Gasteiger partial charge >= 0.3 is 0 Å². The minimum Gasteiger partial charge on any atom is -0.356 e. The molecule has 2 heterocycles. The maximum Gasteiger partial charge on any atom is 0.163 e. The van der Waals surface area contributed by atoms with Gasteiger partial charge in [-0.1, -0.05) is 49.6 Å². The zero-order chi connectivity index (χ0) is 19.3. The maximum atomic E-state index is 12.3. The second kappa shape index (κ2) is 8.87. The third-order valence-corrected chi connectivity index (χ3v) is 6.22. The molecule has 1 aromatic carbocycles. The molecule has 1 saturated heterocycles. The van der Waals surface area contributed by atoms with Gasteiger partial charge in [-0.3, -0.25) is 4.79 Å². The third kappa shape index (κ3) is 4.44. The first kappa shape index (κ1) is 19.1. The summed E-state index contributed by atoms with van der Waals surface area (Å²) in [5.74, 6) is 0.936. The summed E-state index contributed by atoms with van der Waals surface area (Å²) in [5, 5.41) is 3.88. The Morgan fingerprint density at radius 2 is 1.64 bits per heavy atom. The molecule has 0 amide bonds. The van der Waals surface area contributed by atoms with Crippen LogP contribution in [0.2, 0.25) is 0 Å². The number of aromatic nitrogens is 1. The van der Waals surface area contributed by atoms with Crippen molar-refractivity contribution in [3.63, 3.8) is 0 Å². The second-order valence-corrected chi connectivity index (χ2v) is 8.28. The summed E-state index contributed by atoms with van der Waals surface area (Å²) in [6, 6.07) is 13.5. The first-order valence-electron chi connectivity index (χ1n) is 10.8. The zero-order valence-electron chi connectivity index (χ0n) is 16.9. The van der Waals surface area contributed by atoms with Crippen molar-refractivity contribution in [1.29, 1.82) is 0 Å². The quantitative estimate of drug-likeness (QED) is 0.757. The Kier molecular flexibility index (Phi) is 6.06. The lowest BCUT2D eigenvalue weighted by atomic mass is 9.93. The molecule has 2 aliphatic rings. The summed E-state index contributed by atoms with van der Waals surface area (Å²) >= 11 is 0. The molecule has 4 heteroatoms. The fourth-order valence-corrected chi connectivity index (χ4v) is 4.62. The van der Waals surface area contributed by atoms with Crippen LogP contribution in [0.3, 0.4) is 0 Å². The Labute approximate surface area is 168 Å². The summed E-state index contributed by atoms with van der Waals surface area (Å²) in [4.78, 5) is 19.4. The van der Waals surface area contributed by atoms with Gasteiger partial charge in [0, 0.05) is 36.9 Å². The molecule has 28 heavy (non-hydrogen) atoms. The van der Waals surface area contributed by atoms with E-state index in [0.29, 0.717) is 12.1 Å². The second-order valence-electron chi connectivity index (χ2n) is 8.28. The van der Waals surface area contributed by atoms with Crippen molar-refractivity contribution in [1.82, 2.24) is 10.3 Å². The molecule has 4 rings (SSSR count). The Morgan fingerprint density at radius 1 is 0.964 bits per heavy atom. The number of rotatable bonds is 5. The molecule has 2 aromatic rings. The number of benzene rings is 1. The molecule has 4 nitrogen and oxygen atoms in total. The fourth-order valence-electron chi connectivity index (χ4n) is 4.62. The standard InChI is InChI=1S/C24H31N3O/c1-18(28)23-16-20(19-8-4-2-5-9-19)17-25-24(23)27-14-12-22(13-15-27)26-21-10-6-3-7-11-21/h2,4-5,8-9,16-17,21-22,26H,3,6-7,10-15H2,1H3. The Morgan fingerprint density at radius 3 is 2.32 bits per heavy atom. The highest BCUT2D eigenvalue weighted by Crippen LogP contribution is 2.28. The van der Waals surface area contributed by atoms with Crippen molar-refractivity contribution in [2.24, 2.45) is 0 Å². The lowest BCUT2D eigenvalue weighted by Crippen LogP contribution is -2.47. The highest BCUT2D eigenvalue weighted by atomic mass is 16.1. The van der Waals surface area contributed by atoms with Gasteiger partial charge in [0.1, 0.15) is 5.82 Å². The van der Waals surface area contributed by atoms with Crippen LogP contribution in [0.4, 0.5) is 5.82 Å². The number of hydrogen-bond donors (Lipinski definition) is 1. The molecular formula is C24H31N3O. The smallest absolute Gasteiger partial charge is 0.163 e. The molecule has 0 atom stereocenters. The fraction of sp³-hybridized carbons (Fsp3) is 0.500. The van der Waals surface area contributed by atoms with Crippen molar-refractivity contribution in [3.05, 3.63) is 48.2 Å². The van der Waals surface area contributed by atoms with Crippen molar-refractivity contribution < 1.29 is 4.79 Å². The van der Waals surface area contributed by atoms with Gasteiger partial charge < -0.3 is 10.2 Å². The van der Waals surface area contributed by atoms with E-state index in [1.54, 1.807) is 6.92 Å². The number of carbonyl (C=O) groups is 1. The number of hydrogen-bond acceptors (Lipinski definition) is 4. The molecule has 1 aromatic heterocycles. The first-order chi connectivity index (χ1) is 13.7. The van der Waals surface area contributed by atoms with Crippen molar-refractivity contribution in [2.75, 3.05) is 18.0 Å². The Hall–Kier alpha value is -2.20. The van der Waals surface area contributed by atoms with E-state index in [1.165, 1.54) is 32.1 Å². The van der Waals surface area contributed by atoms with Crippen LogP contribution in [0.15, 0.2) is 42.6 Å². The predicted octanol–water partition coefficient (Wildman–Crippen LogP) is 4.84. The van der Waals surface area contributed by atoms with Gasteiger partial charge in [-0.05, 0) is 44.2 Å². The summed E-state index contributed by atoms with van der Waals surface area (Å²) in [6.07, 6.45) is 10.9. The van der Waals surface area contributed by atoms with Crippen LogP contribution in [0, 0.1) is 0 Å². The first-order valence-corrected chi connectivity index (χ1v) is 10.8. The highest BCUT2D eigenvalue weighted by molar-refractivity contribution is 6.00. The third-order valence-electron chi connectivity index (χ3n) is 6.22. The molecule has 1 aliphatic heterocycles. The lowest BCUT2D eigenvalue weighted by Gasteiger charge is -2.36. The summed E-state index contributed by atoms with van der Waals surface area (Å²) in [6.45, 7) is 3.57. The van der Waals surface area contributed by atoms with Crippen LogP contribution in [0.1, 0.15) is 62.2 Å². The van der Waals surface area contributed by atoms with E-state index in [1.807, 2.05) is 30.5 Å². The van der Waals surface area contributed by atoms with E-state index in [9.17, 15) is 4.79 Å². The number of nitrogens with one attached hydrogen (secondary N) is 1. The summed E-state index contributed by atoms with van der Waals surface area (Å²) in [5.41, 5.74) is 2.84. The van der Waals surface area contributed by atoms with E-state index in [0.717, 1.165) is 48.4 Å². The minimum absolute atomic E-state index is 0.0859. The molecule has 1 aliphatic carbocycles. The minimum atomic E-state index is 0.0859. The van der Waals surface area contributed by atoms with Crippen LogP contribution in [0.5, 0.6) is 0 Å². The Balaban J connectivity index is 1.45. The number of ketones is 1. The number of Topliss-reactive ketones (excluding diaryl/α,β-unsaturated/α-hetero) is 1. The molecule has 0 unspecified atom stereocenters. The van der Waals surface area contributed by atoms with E-state index in [4.69, 9.17) is 4.98 Å². The van der Waals surface area contributed by atoms with Gasteiger partial charge in [-0.25, -0.2) is 4.98 Å². The van der Waals surface area contributed by atoms with E-state index in [2.05, 4.69) is 22.3 Å². The number of pyridine rings is 1. The topological polar surface area (TPSA) is 45.2 Å². The number of anilines is 1. The molecular weight excluding hydrogens is 346 g/mol. The summed E-state index contributed by atoms with van der Waals surface area (Å²) < 4.78 is 0. The van der Waals surface area contributed by atoms with Crippen LogP contribution >= 0.6 is 0 Å². The Bertz CT molecular complexity index is 791. The molecule has 0 radical (unpaired) electrons. The SMILES string of the molecule is CC(=O)c1cc(-c2ccccc2)cnc1N1CCC(NC2CCCCC2)CC1. The average molecular weight is 378 g/mol. The number of piperidine rings is 1. The zero-order valence-corrected chi connectivity index (χ0v) is 16.9. The van der Waals surface area contributed by atoms with E-state index in [-0.39, 0.29) is 5.78 Å². The highest BCUT2D eigenvalue weighted by Gasteiger charge is 2.25. The maximum absolute atomic E-state index is 12.3. The number of nitrogens with zero attached hydrogens (tertiary/aromatic N) is 2. The summed E-state index contributed by atoms with van der Waals surface area (Å²) in [7, 11) is 0. The van der Waals surface area contributed by atoms with Gasteiger partial charge in [0.2, 0.25) is 0 Å². The van der Waals surface area contributed by atoms with Crippen molar-refractivity contribution >= 4 is 11.6 Å². The largest absolute Gasteiger partial charge is 0.356 e. The van der Waals surface area contributed by atoms with Gasteiger partial charge in [0.05, 0.1) is 5.56 Å². The molecule has 148 valence electrons. The molecule has 1 saturated carbocycles. The van der Waals surface area contributed by atoms with Gasteiger partial charge in [0.15, 0.2) is 5.78 Å².